The molecule has 0 aromatic heterocycles. The lowest BCUT2D eigenvalue weighted by Gasteiger charge is -2.20. The molecular weight excluding hydrogens is 647 g/mol. The van der Waals surface area contributed by atoms with Gasteiger partial charge in [0.15, 0.2) is 6.10 Å². The Hall–Kier alpha value is -2.07. The van der Waals surface area contributed by atoms with Gasteiger partial charge in [-0.1, -0.05) is 114 Å². The van der Waals surface area contributed by atoms with Crippen LogP contribution in [-0.2, 0) is 32.7 Å². The predicted molar refractivity (Wildman–Crippen MR) is 196 cm³/mol. The van der Waals surface area contributed by atoms with Crippen molar-refractivity contribution in [2.75, 3.05) is 26.4 Å². The highest BCUT2D eigenvalue weighted by Crippen LogP contribution is 2.43. The highest BCUT2D eigenvalue weighted by Gasteiger charge is 2.27. The van der Waals surface area contributed by atoms with Gasteiger partial charge in [0.25, 0.3) is 0 Å². The fraction of sp³-hybridized carbons (Fsp3) is 0.737. The Labute approximate surface area is 296 Å². The number of esters is 2. The van der Waals surface area contributed by atoms with E-state index >= 15 is 0 Å². The van der Waals surface area contributed by atoms with Crippen LogP contribution < -0.4 is 0 Å². The number of hydrogen-bond acceptors (Lipinski definition) is 9. The van der Waals surface area contributed by atoms with Crippen molar-refractivity contribution >= 4 is 19.8 Å². The third kappa shape index (κ3) is 34.2. The van der Waals surface area contributed by atoms with Crippen LogP contribution in [0.25, 0.3) is 0 Å². The monoisotopic (exact) mass is 714 g/mol. The van der Waals surface area contributed by atoms with E-state index in [1.807, 2.05) is 0 Å². The Kier molecular flexibility index (Phi) is 32.9. The van der Waals surface area contributed by atoms with Crippen LogP contribution in [0.4, 0.5) is 0 Å². The third-order valence-electron chi connectivity index (χ3n) is 7.47. The van der Waals surface area contributed by atoms with Crippen molar-refractivity contribution in [3.63, 3.8) is 0 Å². The number of allylic oxidation sites excluding steroid dienone is 8. The number of carbonyl (C=O) groups is 2. The van der Waals surface area contributed by atoms with Crippen molar-refractivity contribution in [1.82, 2.24) is 0 Å². The van der Waals surface area contributed by atoms with Crippen molar-refractivity contribution in [1.29, 1.82) is 0 Å². The number of phosphoric ester groups is 1. The second-order valence-electron chi connectivity index (χ2n) is 12.2. The van der Waals surface area contributed by atoms with E-state index in [1.54, 1.807) is 0 Å². The van der Waals surface area contributed by atoms with E-state index in [9.17, 15) is 24.2 Å². The fourth-order valence-corrected chi connectivity index (χ4v) is 5.36. The summed E-state index contributed by atoms with van der Waals surface area (Å²) in [7, 11) is -4.62. The van der Waals surface area contributed by atoms with Crippen LogP contribution in [0, 0.1) is 0 Å². The molecule has 0 fully saturated rings. The van der Waals surface area contributed by atoms with Crippen LogP contribution in [0.5, 0.6) is 0 Å². The number of unbranched alkanes of at least 4 members (excludes halogenated alkanes) is 12. The molecule has 0 aromatic rings. The van der Waals surface area contributed by atoms with Crippen molar-refractivity contribution < 1.29 is 47.8 Å². The summed E-state index contributed by atoms with van der Waals surface area (Å²) in [5.41, 5.74) is 0. The van der Waals surface area contributed by atoms with Gasteiger partial charge in [-0.3, -0.25) is 18.6 Å². The number of phosphoric acid groups is 1. The first-order valence-electron chi connectivity index (χ1n) is 18.6. The molecule has 3 N–H and O–H groups in total. The molecule has 0 amide bonds. The van der Waals surface area contributed by atoms with E-state index in [0.717, 1.165) is 89.9 Å². The molecular formula is C38H67O10P. The minimum absolute atomic E-state index is 0.161. The van der Waals surface area contributed by atoms with Gasteiger partial charge >= 0.3 is 19.8 Å². The molecule has 11 heteroatoms. The average Bonchev–Trinajstić information content (AvgIpc) is 3.09. The van der Waals surface area contributed by atoms with Gasteiger partial charge in [-0.15, -0.1) is 0 Å². The topological polar surface area (TPSA) is 149 Å². The van der Waals surface area contributed by atoms with Gasteiger partial charge in [0.2, 0.25) is 0 Å². The smallest absolute Gasteiger partial charge is 0.462 e. The first-order chi connectivity index (χ1) is 23.7. The van der Waals surface area contributed by atoms with Gasteiger partial charge in [0.1, 0.15) is 12.7 Å². The summed E-state index contributed by atoms with van der Waals surface area (Å²) < 4.78 is 32.5. The summed E-state index contributed by atoms with van der Waals surface area (Å²) in [4.78, 5) is 34.8. The molecule has 0 saturated heterocycles. The third-order valence-corrected chi connectivity index (χ3v) is 8.42. The molecule has 0 aliphatic heterocycles. The number of carbonyl (C=O) groups excluding carboxylic acids is 2. The van der Waals surface area contributed by atoms with Gasteiger partial charge in [0.05, 0.1) is 19.8 Å². The maximum atomic E-state index is 12.5. The second-order valence-corrected chi connectivity index (χ2v) is 13.7. The molecule has 10 nitrogen and oxygen atoms in total. The molecule has 0 radical (unpaired) electrons. The number of aliphatic hydroxyl groups excluding tert-OH is 2. The SMILES string of the molecule is CC/C=C/C/C=C/C/C=C/CCCCCCCC(=O)O[C@H](COC(=O)CCCCCCC/C=C/CCCC)COP(=O)(O)OC[C@@H](O)CO. The molecule has 284 valence electrons. The summed E-state index contributed by atoms with van der Waals surface area (Å²) in [6.07, 6.45) is 33.7. The number of rotatable bonds is 34. The van der Waals surface area contributed by atoms with Crippen LogP contribution in [0.1, 0.15) is 142 Å². The maximum absolute atomic E-state index is 12.5. The van der Waals surface area contributed by atoms with Crippen molar-refractivity contribution in [2.24, 2.45) is 0 Å². The molecule has 1 unspecified atom stereocenters. The standard InChI is InChI=1S/C38H67O10P/c1-3-5-7-9-11-13-15-16-17-18-20-22-24-26-28-30-38(42)48-36(34-47-49(43,44)46-32-35(40)31-39)33-45-37(41)29-27-25-23-21-19-14-12-10-8-6-4-2/h5,7,10-13,16-17,35-36,39-40H,3-4,6,8-9,14-15,18-34H2,1-2H3,(H,43,44)/b7-5+,12-10+,13-11+,17-16+/t35-,36+/m0/s1. The lowest BCUT2D eigenvalue weighted by Crippen LogP contribution is -2.29. The van der Waals surface area contributed by atoms with Crippen molar-refractivity contribution in [2.45, 2.75) is 154 Å². The summed E-state index contributed by atoms with van der Waals surface area (Å²) in [5.74, 6) is -0.962. The molecule has 0 rings (SSSR count). The van der Waals surface area contributed by atoms with Gasteiger partial charge in [-0.2, -0.15) is 0 Å². The molecule has 49 heavy (non-hydrogen) atoms. The quantitative estimate of drug-likeness (QED) is 0.0255. The van der Waals surface area contributed by atoms with E-state index in [2.05, 4.69) is 67.0 Å². The Morgan fingerprint density at radius 2 is 1.12 bits per heavy atom. The van der Waals surface area contributed by atoms with Gasteiger partial charge < -0.3 is 24.6 Å². The van der Waals surface area contributed by atoms with E-state index < -0.39 is 51.8 Å². The molecule has 0 saturated carbocycles. The Bertz CT molecular complexity index is 962. The lowest BCUT2D eigenvalue weighted by molar-refractivity contribution is -0.161. The van der Waals surface area contributed by atoms with Crippen LogP contribution in [0.15, 0.2) is 48.6 Å². The summed E-state index contributed by atoms with van der Waals surface area (Å²) in [5, 5.41) is 18.3. The van der Waals surface area contributed by atoms with Gasteiger partial charge in [0, 0.05) is 12.8 Å². The number of hydrogen-bond donors (Lipinski definition) is 3. The lowest BCUT2D eigenvalue weighted by atomic mass is 10.1. The van der Waals surface area contributed by atoms with Crippen LogP contribution in [-0.4, -0.2) is 65.7 Å². The molecule has 0 heterocycles. The first-order valence-corrected chi connectivity index (χ1v) is 20.1. The summed E-state index contributed by atoms with van der Waals surface area (Å²) in [6.45, 7) is 2.17. The zero-order valence-corrected chi connectivity index (χ0v) is 31.3. The molecule has 3 atom stereocenters. The number of ether oxygens (including phenoxy) is 2. The van der Waals surface area contributed by atoms with Gasteiger partial charge in [-0.25, -0.2) is 4.57 Å². The fourth-order valence-electron chi connectivity index (χ4n) is 4.57. The van der Waals surface area contributed by atoms with E-state index in [4.69, 9.17) is 19.1 Å². The second kappa shape index (κ2) is 34.4. The highest BCUT2D eigenvalue weighted by molar-refractivity contribution is 7.47. The minimum Gasteiger partial charge on any atom is -0.462 e. The zero-order chi connectivity index (χ0) is 36.3. The van der Waals surface area contributed by atoms with E-state index in [-0.39, 0.29) is 19.4 Å². The van der Waals surface area contributed by atoms with Gasteiger partial charge in [-0.05, 0) is 64.2 Å². The van der Waals surface area contributed by atoms with Crippen molar-refractivity contribution in [3.05, 3.63) is 48.6 Å². The van der Waals surface area contributed by atoms with Crippen LogP contribution >= 0.6 is 7.82 Å². The molecule has 0 aliphatic carbocycles. The van der Waals surface area contributed by atoms with E-state index in [0.29, 0.717) is 12.8 Å². The minimum atomic E-state index is -4.62. The Morgan fingerprint density at radius 3 is 1.71 bits per heavy atom. The first kappa shape index (κ1) is 46.9. The molecule has 0 aliphatic rings. The Balaban J connectivity index is 4.43. The normalized spacial score (nSPS) is 14.6. The zero-order valence-electron chi connectivity index (χ0n) is 30.4. The highest BCUT2D eigenvalue weighted by atomic mass is 31.2. The molecule has 0 spiro atoms. The average molecular weight is 715 g/mol. The van der Waals surface area contributed by atoms with Crippen molar-refractivity contribution in [3.8, 4) is 0 Å². The summed E-state index contributed by atoms with van der Waals surface area (Å²) >= 11 is 0. The van der Waals surface area contributed by atoms with E-state index in [1.165, 1.54) is 12.8 Å². The molecule has 0 bridgehead atoms. The Morgan fingerprint density at radius 1 is 0.633 bits per heavy atom. The van der Waals surface area contributed by atoms with Crippen LogP contribution in [0.2, 0.25) is 0 Å². The largest absolute Gasteiger partial charge is 0.472 e. The number of aliphatic hydroxyl groups is 2. The maximum Gasteiger partial charge on any atom is 0.472 e. The summed E-state index contributed by atoms with van der Waals surface area (Å²) in [6, 6.07) is 0. The predicted octanol–water partition coefficient (Wildman–Crippen LogP) is 8.99. The molecule has 0 aromatic carbocycles. The van der Waals surface area contributed by atoms with Crippen LogP contribution in [0.3, 0.4) is 0 Å².